The number of carbonyl (C=O) groups excluding carboxylic acids is 1. The maximum Gasteiger partial charge on any atom is 0.244 e. The molecule has 1 atom stereocenters. The fourth-order valence-electron chi connectivity index (χ4n) is 2.61. The molecule has 23 heavy (non-hydrogen) atoms. The van der Waals surface area contributed by atoms with E-state index in [-0.39, 0.29) is 18.6 Å². The van der Waals surface area contributed by atoms with Crippen LogP contribution in [-0.2, 0) is 16.1 Å². The molecule has 3 heterocycles. The smallest absolute Gasteiger partial charge is 0.244 e. The molecule has 0 spiro atoms. The maximum atomic E-state index is 12.5. The highest BCUT2D eigenvalue weighted by molar-refractivity contribution is 5.76. The number of aryl methyl sites for hydroxylation is 1. The zero-order valence-electron chi connectivity index (χ0n) is 13.3. The fraction of sp³-hybridized carbons (Fsp3) is 0.467. The summed E-state index contributed by atoms with van der Waals surface area (Å²) in [6.45, 7) is 3.71. The summed E-state index contributed by atoms with van der Waals surface area (Å²) >= 11 is 0. The third kappa shape index (κ3) is 3.48. The molecule has 1 aliphatic rings. The average Bonchev–Trinajstić information content (AvgIpc) is 2.99. The first-order chi connectivity index (χ1) is 11.2. The molecule has 0 radical (unpaired) electrons. The summed E-state index contributed by atoms with van der Waals surface area (Å²) in [5.74, 6) is 0.700. The highest BCUT2D eigenvalue weighted by Crippen LogP contribution is 2.25. The van der Waals surface area contributed by atoms with E-state index in [1.54, 1.807) is 35.2 Å². The molecule has 0 saturated carbocycles. The Kier molecular flexibility index (Phi) is 4.52. The molecule has 122 valence electrons. The molecule has 2 aromatic heterocycles. The average molecular weight is 316 g/mol. The van der Waals surface area contributed by atoms with Crippen molar-refractivity contribution in [1.29, 1.82) is 0 Å². The van der Waals surface area contributed by atoms with Crippen LogP contribution in [0.1, 0.15) is 17.4 Å². The van der Waals surface area contributed by atoms with Crippen molar-refractivity contribution >= 4 is 11.7 Å². The Morgan fingerprint density at radius 2 is 2.26 bits per heavy atom. The number of nitrogens with zero attached hydrogens (tertiary/aromatic N) is 5. The van der Waals surface area contributed by atoms with Crippen molar-refractivity contribution in [1.82, 2.24) is 24.6 Å². The molecule has 0 aliphatic carbocycles. The third-order valence-electron chi connectivity index (χ3n) is 3.75. The lowest BCUT2D eigenvalue weighted by molar-refractivity contribution is -0.140. The van der Waals surface area contributed by atoms with Crippen LogP contribution in [0.2, 0.25) is 0 Å². The van der Waals surface area contributed by atoms with Crippen LogP contribution in [0.3, 0.4) is 0 Å². The van der Waals surface area contributed by atoms with Crippen molar-refractivity contribution in [3.8, 4) is 0 Å². The Hall–Kier alpha value is -2.48. The van der Waals surface area contributed by atoms with Gasteiger partial charge in [0.15, 0.2) is 0 Å². The van der Waals surface area contributed by atoms with E-state index in [0.29, 0.717) is 25.5 Å². The van der Waals surface area contributed by atoms with Gasteiger partial charge in [0, 0.05) is 32.2 Å². The Labute approximate surface area is 134 Å². The quantitative estimate of drug-likeness (QED) is 0.890. The summed E-state index contributed by atoms with van der Waals surface area (Å²) in [5.41, 5.74) is 1.76. The first-order valence-corrected chi connectivity index (χ1v) is 7.54. The minimum absolute atomic E-state index is 0.0243. The molecule has 1 fully saturated rings. The van der Waals surface area contributed by atoms with Crippen molar-refractivity contribution in [2.75, 3.05) is 32.1 Å². The van der Waals surface area contributed by atoms with Gasteiger partial charge in [-0.25, -0.2) is 4.98 Å². The van der Waals surface area contributed by atoms with Gasteiger partial charge in [-0.2, -0.15) is 5.10 Å². The van der Waals surface area contributed by atoms with Crippen molar-refractivity contribution in [3.63, 3.8) is 0 Å². The number of hydrogen-bond donors (Lipinski definition) is 1. The van der Waals surface area contributed by atoms with Crippen LogP contribution < -0.4 is 5.32 Å². The molecule has 8 heteroatoms. The van der Waals surface area contributed by atoms with E-state index in [1.165, 1.54) is 0 Å². The van der Waals surface area contributed by atoms with E-state index in [1.807, 2.05) is 13.1 Å². The third-order valence-corrected chi connectivity index (χ3v) is 3.75. The number of amides is 1. The Balaban J connectivity index is 1.69. The summed E-state index contributed by atoms with van der Waals surface area (Å²) in [4.78, 5) is 22.8. The van der Waals surface area contributed by atoms with Crippen LogP contribution in [0.4, 0.5) is 5.82 Å². The summed E-state index contributed by atoms with van der Waals surface area (Å²) < 4.78 is 7.44. The second-order valence-corrected chi connectivity index (χ2v) is 5.45. The Morgan fingerprint density at radius 1 is 1.43 bits per heavy atom. The summed E-state index contributed by atoms with van der Waals surface area (Å²) in [5, 5.41) is 7.17. The zero-order chi connectivity index (χ0) is 16.2. The van der Waals surface area contributed by atoms with E-state index in [9.17, 15) is 4.79 Å². The zero-order valence-corrected chi connectivity index (χ0v) is 13.3. The van der Waals surface area contributed by atoms with E-state index in [4.69, 9.17) is 4.74 Å². The van der Waals surface area contributed by atoms with Gasteiger partial charge in [0.25, 0.3) is 0 Å². The molecule has 8 nitrogen and oxygen atoms in total. The molecule has 1 N–H and O–H groups in total. The minimum Gasteiger partial charge on any atom is -0.372 e. The monoisotopic (exact) mass is 316 g/mol. The largest absolute Gasteiger partial charge is 0.372 e. The number of ether oxygens (including phenoxy) is 1. The van der Waals surface area contributed by atoms with Gasteiger partial charge in [-0.05, 0) is 12.5 Å². The van der Waals surface area contributed by atoms with Crippen molar-refractivity contribution in [2.45, 2.75) is 19.6 Å². The standard InChI is InChI=1S/C15H20N6O2/c1-11-7-19-21(8-11)10-13(22)20-5-6-23-12(9-20)14-15(16-2)18-4-3-17-14/h3-4,7-8,12H,5-6,9-10H2,1-2H3,(H,16,18)/t12-/m1/s1. The SMILES string of the molecule is CNc1nccnc1[C@H]1CN(C(=O)Cn2cc(C)cn2)CCO1. The van der Waals surface area contributed by atoms with E-state index < -0.39 is 0 Å². The molecule has 0 bridgehead atoms. The molecule has 0 aromatic carbocycles. The Bertz CT molecular complexity index is 686. The number of aromatic nitrogens is 4. The van der Waals surface area contributed by atoms with E-state index in [2.05, 4.69) is 20.4 Å². The highest BCUT2D eigenvalue weighted by Gasteiger charge is 2.28. The van der Waals surface area contributed by atoms with Gasteiger partial charge in [0.1, 0.15) is 24.2 Å². The molecule has 1 aliphatic heterocycles. The van der Waals surface area contributed by atoms with Crippen LogP contribution in [0.5, 0.6) is 0 Å². The number of anilines is 1. The lowest BCUT2D eigenvalue weighted by Gasteiger charge is -2.33. The predicted octanol–water partition coefficient (Wildman–Crippen LogP) is 0.623. The van der Waals surface area contributed by atoms with E-state index >= 15 is 0 Å². The van der Waals surface area contributed by atoms with Gasteiger partial charge < -0.3 is 15.0 Å². The van der Waals surface area contributed by atoms with Crippen molar-refractivity contribution in [2.24, 2.45) is 0 Å². The van der Waals surface area contributed by atoms with Gasteiger partial charge >= 0.3 is 0 Å². The number of rotatable bonds is 4. The van der Waals surface area contributed by atoms with Crippen LogP contribution >= 0.6 is 0 Å². The minimum atomic E-state index is -0.275. The first kappa shape index (κ1) is 15.4. The lowest BCUT2D eigenvalue weighted by Crippen LogP contribution is -2.44. The van der Waals surface area contributed by atoms with Gasteiger partial charge in [-0.15, -0.1) is 0 Å². The number of nitrogens with one attached hydrogen (secondary N) is 1. The predicted molar refractivity (Wildman–Crippen MR) is 83.8 cm³/mol. The van der Waals surface area contributed by atoms with Gasteiger partial charge in [0.05, 0.1) is 19.3 Å². The van der Waals surface area contributed by atoms with Crippen LogP contribution in [-0.4, -0.2) is 57.3 Å². The molecule has 3 rings (SSSR count). The molecular formula is C15H20N6O2. The topological polar surface area (TPSA) is 85.2 Å². The molecule has 2 aromatic rings. The molecular weight excluding hydrogens is 296 g/mol. The first-order valence-electron chi connectivity index (χ1n) is 7.54. The van der Waals surface area contributed by atoms with Gasteiger partial charge in [-0.1, -0.05) is 0 Å². The number of morpholine rings is 1. The van der Waals surface area contributed by atoms with Gasteiger partial charge in [-0.3, -0.25) is 14.5 Å². The fourth-order valence-corrected chi connectivity index (χ4v) is 2.61. The Morgan fingerprint density at radius 3 is 3.00 bits per heavy atom. The number of carbonyl (C=O) groups is 1. The highest BCUT2D eigenvalue weighted by atomic mass is 16.5. The second-order valence-electron chi connectivity index (χ2n) is 5.45. The summed E-state index contributed by atoms with van der Waals surface area (Å²) in [6, 6.07) is 0. The molecule has 1 amide bonds. The van der Waals surface area contributed by atoms with Crippen molar-refractivity contribution in [3.05, 3.63) is 36.0 Å². The summed E-state index contributed by atoms with van der Waals surface area (Å²) in [7, 11) is 1.79. The van der Waals surface area contributed by atoms with Gasteiger partial charge in [0.2, 0.25) is 5.91 Å². The number of hydrogen-bond acceptors (Lipinski definition) is 6. The molecule has 1 saturated heterocycles. The van der Waals surface area contributed by atoms with Crippen molar-refractivity contribution < 1.29 is 9.53 Å². The van der Waals surface area contributed by atoms with Crippen LogP contribution in [0, 0.1) is 6.92 Å². The lowest BCUT2D eigenvalue weighted by atomic mass is 10.2. The molecule has 0 unspecified atom stereocenters. The maximum absolute atomic E-state index is 12.5. The normalized spacial score (nSPS) is 18.0. The van der Waals surface area contributed by atoms with Crippen LogP contribution in [0.15, 0.2) is 24.8 Å². The second kappa shape index (κ2) is 6.74. The van der Waals surface area contributed by atoms with E-state index in [0.717, 1.165) is 11.3 Å². The summed E-state index contributed by atoms with van der Waals surface area (Å²) in [6.07, 6.45) is 6.59. The van der Waals surface area contributed by atoms with Crippen LogP contribution in [0.25, 0.3) is 0 Å².